The second-order valence-corrected chi connectivity index (χ2v) is 12.7. The molecule has 0 aromatic heterocycles. The van der Waals surface area contributed by atoms with Crippen LogP contribution in [0.4, 0.5) is 0 Å². The van der Waals surface area contributed by atoms with E-state index in [1.807, 2.05) is 0 Å². The Morgan fingerprint density at radius 1 is 0.576 bits per heavy atom. The Bertz CT molecular complexity index is 585. The van der Waals surface area contributed by atoms with Gasteiger partial charge in [-0.1, -0.05) is 0 Å². The first-order valence-corrected chi connectivity index (χ1v) is 14.9. The Morgan fingerprint density at radius 2 is 0.909 bits per heavy atom. The molecule has 188 valence electrons. The van der Waals surface area contributed by atoms with Gasteiger partial charge in [-0.05, 0) is 147 Å². The van der Waals surface area contributed by atoms with Crippen LogP contribution in [0.5, 0.6) is 0 Å². The standard InChI is InChI=1S/C30H50O3/c1-3-32-26-9-5-22(6-10-26)24-13-17-29(18-14-24)21-30(28(29)31)19-15-25(16-20-30)23-7-11-27(12-8-23)33-4-2/h22-27H,3-21H2,1-2H3/t22-,23-,24?,25?,26-,27-,29?,30?. The van der Waals surface area contributed by atoms with Crippen molar-refractivity contribution >= 4 is 5.78 Å². The molecule has 0 atom stereocenters. The minimum Gasteiger partial charge on any atom is -0.379 e. The highest BCUT2D eigenvalue weighted by atomic mass is 16.5. The van der Waals surface area contributed by atoms with E-state index in [1.165, 1.54) is 109 Å². The van der Waals surface area contributed by atoms with Crippen molar-refractivity contribution in [3.63, 3.8) is 0 Å². The molecule has 0 aromatic carbocycles. The Kier molecular flexibility index (Phi) is 7.58. The molecule has 0 heterocycles. The first kappa shape index (κ1) is 24.3. The minimum atomic E-state index is 0.0986. The lowest BCUT2D eigenvalue weighted by Gasteiger charge is -2.60. The molecule has 0 aromatic rings. The topological polar surface area (TPSA) is 35.5 Å². The van der Waals surface area contributed by atoms with Gasteiger partial charge in [0, 0.05) is 24.0 Å². The number of rotatable bonds is 6. The van der Waals surface area contributed by atoms with Gasteiger partial charge in [-0.2, -0.15) is 0 Å². The quantitative estimate of drug-likeness (QED) is 0.413. The van der Waals surface area contributed by atoms with Crippen LogP contribution in [0.15, 0.2) is 0 Å². The third-order valence-corrected chi connectivity index (χ3v) is 11.2. The fraction of sp³-hybridized carbons (Fsp3) is 0.967. The van der Waals surface area contributed by atoms with Crippen LogP contribution in [-0.4, -0.2) is 31.2 Å². The van der Waals surface area contributed by atoms with Crippen molar-refractivity contribution in [2.45, 2.75) is 135 Å². The second-order valence-electron chi connectivity index (χ2n) is 12.7. The van der Waals surface area contributed by atoms with Crippen molar-refractivity contribution in [1.82, 2.24) is 0 Å². The molecule has 5 saturated carbocycles. The number of Topliss-reactive ketones (excluding diaryl/α,β-unsaturated/α-hetero) is 1. The lowest BCUT2D eigenvalue weighted by atomic mass is 9.42. The van der Waals surface area contributed by atoms with E-state index in [0.717, 1.165) is 36.9 Å². The van der Waals surface area contributed by atoms with Crippen LogP contribution in [0.1, 0.15) is 123 Å². The molecular weight excluding hydrogens is 408 g/mol. The molecule has 0 N–H and O–H groups in total. The van der Waals surface area contributed by atoms with Gasteiger partial charge in [0.05, 0.1) is 12.2 Å². The summed E-state index contributed by atoms with van der Waals surface area (Å²) in [5.41, 5.74) is 0.197. The fourth-order valence-corrected chi connectivity index (χ4v) is 9.32. The molecule has 0 aliphatic heterocycles. The Morgan fingerprint density at radius 3 is 1.21 bits per heavy atom. The third kappa shape index (κ3) is 4.84. The summed E-state index contributed by atoms with van der Waals surface area (Å²) in [6.07, 6.45) is 22.8. The van der Waals surface area contributed by atoms with Gasteiger partial charge in [0.25, 0.3) is 0 Å². The SMILES string of the molecule is CCO[C@H]1CC[C@H](C2CCC3(CC2)CC2(CCC([C@H]4CC[C@H](OCC)CC4)CC2)C3=O)CC1. The maximum atomic E-state index is 13.7. The van der Waals surface area contributed by atoms with E-state index in [4.69, 9.17) is 9.47 Å². The van der Waals surface area contributed by atoms with Crippen LogP contribution in [-0.2, 0) is 14.3 Å². The maximum Gasteiger partial charge on any atom is 0.145 e. The average molecular weight is 459 g/mol. The summed E-state index contributed by atoms with van der Waals surface area (Å²) in [5.74, 6) is 4.27. The van der Waals surface area contributed by atoms with Crippen LogP contribution < -0.4 is 0 Å². The molecule has 0 amide bonds. The molecule has 2 spiro atoms. The van der Waals surface area contributed by atoms with Crippen molar-refractivity contribution in [2.75, 3.05) is 13.2 Å². The molecule has 5 fully saturated rings. The van der Waals surface area contributed by atoms with Gasteiger partial charge >= 0.3 is 0 Å². The van der Waals surface area contributed by atoms with E-state index < -0.39 is 0 Å². The summed E-state index contributed by atoms with van der Waals surface area (Å²) in [6, 6.07) is 0. The monoisotopic (exact) mass is 458 g/mol. The molecule has 0 saturated heterocycles. The number of ketones is 1. The number of ether oxygens (including phenoxy) is 2. The van der Waals surface area contributed by atoms with Crippen LogP contribution in [0, 0.1) is 34.5 Å². The van der Waals surface area contributed by atoms with Gasteiger partial charge in [-0.3, -0.25) is 4.79 Å². The van der Waals surface area contributed by atoms with E-state index in [2.05, 4.69) is 13.8 Å². The smallest absolute Gasteiger partial charge is 0.145 e. The van der Waals surface area contributed by atoms with Crippen LogP contribution in [0.3, 0.4) is 0 Å². The zero-order chi connectivity index (χ0) is 22.9. The second kappa shape index (κ2) is 10.3. The predicted molar refractivity (Wildman–Crippen MR) is 133 cm³/mol. The highest BCUT2D eigenvalue weighted by Crippen LogP contribution is 2.65. The molecule has 0 bridgehead atoms. The highest BCUT2D eigenvalue weighted by Gasteiger charge is 2.63. The number of carbonyl (C=O) groups excluding carboxylic acids is 1. The lowest BCUT2D eigenvalue weighted by Crippen LogP contribution is -2.60. The molecular formula is C30H50O3. The van der Waals surface area contributed by atoms with Crippen molar-refractivity contribution in [3.05, 3.63) is 0 Å². The molecule has 5 aliphatic carbocycles. The van der Waals surface area contributed by atoms with Gasteiger partial charge < -0.3 is 9.47 Å². The van der Waals surface area contributed by atoms with Crippen LogP contribution in [0.25, 0.3) is 0 Å². The molecule has 0 radical (unpaired) electrons. The molecule has 3 nitrogen and oxygen atoms in total. The van der Waals surface area contributed by atoms with Crippen LogP contribution in [0.2, 0.25) is 0 Å². The predicted octanol–water partition coefficient (Wildman–Crippen LogP) is 7.50. The summed E-state index contributed by atoms with van der Waals surface area (Å²) in [4.78, 5) is 13.7. The van der Waals surface area contributed by atoms with Crippen molar-refractivity contribution in [2.24, 2.45) is 34.5 Å². The molecule has 5 rings (SSSR count). The van der Waals surface area contributed by atoms with Crippen molar-refractivity contribution in [1.29, 1.82) is 0 Å². The number of hydrogen-bond acceptors (Lipinski definition) is 3. The summed E-state index contributed by atoms with van der Waals surface area (Å²) in [7, 11) is 0. The molecule has 33 heavy (non-hydrogen) atoms. The summed E-state index contributed by atoms with van der Waals surface area (Å²) < 4.78 is 11.7. The van der Waals surface area contributed by atoms with Gasteiger partial charge in [-0.25, -0.2) is 0 Å². The van der Waals surface area contributed by atoms with Crippen LogP contribution >= 0.6 is 0 Å². The van der Waals surface area contributed by atoms with Gasteiger partial charge in [0.15, 0.2) is 0 Å². The minimum absolute atomic E-state index is 0.0986. The first-order valence-electron chi connectivity index (χ1n) is 14.9. The molecule has 5 aliphatic rings. The highest BCUT2D eigenvalue weighted by molar-refractivity contribution is 5.96. The Labute approximate surface area is 203 Å². The first-order chi connectivity index (χ1) is 16.1. The zero-order valence-electron chi connectivity index (χ0n) is 21.6. The van der Waals surface area contributed by atoms with E-state index >= 15 is 0 Å². The maximum absolute atomic E-state index is 13.7. The lowest BCUT2D eigenvalue weighted by molar-refractivity contribution is -0.170. The zero-order valence-corrected chi connectivity index (χ0v) is 21.6. The molecule has 3 heteroatoms. The van der Waals surface area contributed by atoms with E-state index in [0.29, 0.717) is 18.0 Å². The third-order valence-electron chi connectivity index (χ3n) is 11.2. The fourth-order valence-electron chi connectivity index (χ4n) is 9.32. The number of carbonyl (C=O) groups is 1. The van der Waals surface area contributed by atoms with Gasteiger partial charge in [0.2, 0.25) is 0 Å². The summed E-state index contributed by atoms with van der Waals surface area (Å²) in [6.45, 7) is 5.97. The largest absolute Gasteiger partial charge is 0.379 e. The van der Waals surface area contributed by atoms with E-state index in [-0.39, 0.29) is 10.8 Å². The average Bonchev–Trinajstić information content (AvgIpc) is 2.86. The summed E-state index contributed by atoms with van der Waals surface area (Å²) in [5, 5.41) is 0. The molecule has 0 unspecified atom stereocenters. The van der Waals surface area contributed by atoms with E-state index in [9.17, 15) is 4.79 Å². The van der Waals surface area contributed by atoms with Gasteiger partial charge in [-0.15, -0.1) is 0 Å². The number of hydrogen-bond donors (Lipinski definition) is 0. The van der Waals surface area contributed by atoms with Crippen molar-refractivity contribution < 1.29 is 14.3 Å². The Balaban J connectivity index is 1.06. The van der Waals surface area contributed by atoms with E-state index in [1.54, 1.807) is 0 Å². The van der Waals surface area contributed by atoms with Crippen molar-refractivity contribution in [3.8, 4) is 0 Å². The Hall–Kier alpha value is -0.410. The normalized spacial score (nSPS) is 46.4. The summed E-state index contributed by atoms with van der Waals surface area (Å²) >= 11 is 0. The van der Waals surface area contributed by atoms with Gasteiger partial charge in [0.1, 0.15) is 5.78 Å².